The number of hydrogen-bond donors (Lipinski definition) is 1. The first-order chi connectivity index (χ1) is 9.69. The standard InChI is InChI=1S/C16H25Cl2NO/c1-2-3-4-5-6-7-8-9-20-16-13(12-19)10-14(17)11-15(16)18/h10-11H,2-9,12,19H2,1H3. The Morgan fingerprint density at radius 3 is 2.30 bits per heavy atom. The van der Waals surface area contributed by atoms with Crippen molar-refractivity contribution < 1.29 is 4.74 Å². The van der Waals surface area contributed by atoms with Gasteiger partial charge in [-0.25, -0.2) is 0 Å². The smallest absolute Gasteiger partial charge is 0.142 e. The van der Waals surface area contributed by atoms with Gasteiger partial charge in [-0.15, -0.1) is 0 Å². The van der Waals surface area contributed by atoms with Crippen LogP contribution in [0.2, 0.25) is 10.0 Å². The van der Waals surface area contributed by atoms with Crippen molar-refractivity contribution >= 4 is 23.2 Å². The summed E-state index contributed by atoms with van der Waals surface area (Å²) in [6, 6.07) is 3.51. The van der Waals surface area contributed by atoms with E-state index in [0.717, 1.165) is 12.0 Å². The molecule has 2 N–H and O–H groups in total. The van der Waals surface area contributed by atoms with Gasteiger partial charge in [0.1, 0.15) is 5.75 Å². The second-order valence-corrected chi connectivity index (χ2v) is 5.89. The molecule has 0 aromatic heterocycles. The lowest BCUT2D eigenvalue weighted by atomic mass is 10.1. The molecule has 0 aliphatic heterocycles. The number of rotatable bonds is 10. The Morgan fingerprint density at radius 2 is 1.65 bits per heavy atom. The number of benzene rings is 1. The highest BCUT2D eigenvalue weighted by Gasteiger charge is 2.09. The molecule has 1 aromatic rings. The summed E-state index contributed by atoms with van der Waals surface area (Å²) in [5, 5.41) is 1.14. The highest BCUT2D eigenvalue weighted by molar-refractivity contribution is 6.35. The molecule has 20 heavy (non-hydrogen) atoms. The monoisotopic (exact) mass is 317 g/mol. The summed E-state index contributed by atoms with van der Waals surface area (Å²) in [4.78, 5) is 0. The summed E-state index contributed by atoms with van der Waals surface area (Å²) in [6.45, 7) is 3.30. The Kier molecular flexibility index (Phi) is 9.08. The third kappa shape index (κ3) is 6.34. The highest BCUT2D eigenvalue weighted by atomic mass is 35.5. The summed E-state index contributed by atoms with van der Waals surface area (Å²) in [6.07, 6.45) is 8.83. The fraction of sp³-hybridized carbons (Fsp3) is 0.625. The van der Waals surface area contributed by atoms with Crippen LogP contribution >= 0.6 is 23.2 Å². The summed E-state index contributed by atoms with van der Waals surface area (Å²) in [5.74, 6) is 0.685. The molecule has 114 valence electrons. The molecule has 0 bridgehead atoms. The third-order valence-electron chi connectivity index (χ3n) is 3.30. The Morgan fingerprint density at radius 1 is 1.00 bits per heavy atom. The maximum Gasteiger partial charge on any atom is 0.142 e. The summed E-state index contributed by atoms with van der Waals surface area (Å²) in [7, 11) is 0. The van der Waals surface area contributed by atoms with Crippen LogP contribution in [0.25, 0.3) is 0 Å². The minimum absolute atomic E-state index is 0.382. The molecule has 0 saturated carbocycles. The molecule has 1 rings (SSSR count). The molecule has 1 aromatic carbocycles. The average Bonchev–Trinajstić information content (AvgIpc) is 2.43. The fourth-order valence-corrected chi connectivity index (χ4v) is 2.75. The largest absolute Gasteiger partial charge is 0.492 e. The maximum atomic E-state index is 6.15. The van der Waals surface area contributed by atoms with Gasteiger partial charge in [0.25, 0.3) is 0 Å². The van der Waals surface area contributed by atoms with E-state index in [0.29, 0.717) is 28.9 Å². The molecule has 0 fully saturated rings. The molecular weight excluding hydrogens is 293 g/mol. The molecule has 4 heteroatoms. The molecule has 0 spiro atoms. The van der Waals surface area contributed by atoms with Crippen LogP contribution in [0.15, 0.2) is 12.1 Å². The Balaban J connectivity index is 2.28. The molecule has 0 atom stereocenters. The van der Waals surface area contributed by atoms with Crippen LogP contribution < -0.4 is 10.5 Å². The topological polar surface area (TPSA) is 35.2 Å². The summed E-state index contributed by atoms with van der Waals surface area (Å²) >= 11 is 12.1. The number of nitrogens with two attached hydrogens (primary N) is 1. The van der Waals surface area contributed by atoms with Crippen LogP contribution in [0.3, 0.4) is 0 Å². The summed E-state index contributed by atoms with van der Waals surface area (Å²) in [5.41, 5.74) is 6.56. The van der Waals surface area contributed by atoms with Gasteiger partial charge in [-0.3, -0.25) is 0 Å². The van der Waals surface area contributed by atoms with E-state index in [1.165, 1.54) is 38.5 Å². The molecular formula is C16H25Cl2NO. The van der Waals surface area contributed by atoms with Gasteiger partial charge < -0.3 is 10.5 Å². The van der Waals surface area contributed by atoms with E-state index in [9.17, 15) is 0 Å². The van der Waals surface area contributed by atoms with E-state index < -0.39 is 0 Å². The zero-order chi connectivity index (χ0) is 14.8. The number of halogens is 2. The molecule has 2 nitrogen and oxygen atoms in total. The fourth-order valence-electron chi connectivity index (χ4n) is 2.16. The molecule has 0 heterocycles. The van der Waals surface area contributed by atoms with Crippen molar-refractivity contribution in [1.29, 1.82) is 0 Å². The zero-order valence-corrected chi connectivity index (χ0v) is 13.8. The highest BCUT2D eigenvalue weighted by Crippen LogP contribution is 2.32. The predicted octanol–water partition coefficient (Wildman–Crippen LogP) is 5.58. The van der Waals surface area contributed by atoms with Crippen molar-refractivity contribution in [3.05, 3.63) is 27.7 Å². The van der Waals surface area contributed by atoms with E-state index in [-0.39, 0.29) is 0 Å². The number of hydrogen-bond acceptors (Lipinski definition) is 2. The molecule has 0 aliphatic carbocycles. The maximum absolute atomic E-state index is 6.15. The zero-order valence-electron chi connectivity index (χ0n) is 12.3. The first-order valence-corrected chi connectivity index (χ1v) is 8.25. The van der Waals surface area contributed by atoms with E-state index in [1.54, 1.807) is 6.07 Å². The van der Waals surface area contributed by atoms with Gasteiger partial charge in [0.2, 0.25) is 0 Å². The lowest BCUT2D eigenvalue weighted by Crippen LogP contribution is -2.04. The van der Waals surface area contributed by atoms with Crippen LogP contribution in [-0.2, 0) is 6.54 Å². The SMILES string of the molecule is CCCCCCCCCOc1c(Cl)cc(Cl)cc1CN. The van der Waals surface area contributed by atoms with Gasteiger partial charge in [0, 0.05) is 17.1 Å². The van der Waals surface area contributed by atoms with Crippen molar-refractivity contribution in [1.82, 2.24) is 0 Å². The van der Waals surface area contributed by atoms with Crippen LogP contribution in [-0.4, -0.2) is 6.61 Å². The Hall–Kier alpha value is -0.440. The van der Waals surface area contributed by atoms with Crippen molar-refractivity contribution in [2.45, 2.75) is 58.4 Å². The van der Waals surface area contributed by atoms with Gasteiger partial charge in [0.15, 0.2) is 0 Å². The quantitative estimate of drug-likeness (QED) is 0.571. The number of ether oxygens (including phenoxy) is 1. The molecule has 0 radical (unpaired) electrons. The van der Waals surface area contributed by atoms with Crippen LogP contribution in [0.5, 0.6) is 5.75 Å². The Labute approximate surface area is 132 Å². The van der Waals surface area contributed by atoms with Gasteiger partial charge in [0.05, 0.1) is 11.6 Å². The second kappa shape index (κ2) is 10.3. The third-order valence-corrected chi connectivity index (χ3v) is 3.80. The van der Waals surface area contributed by atoms with Crippen LogP contribution in [0.1, 0.15) is 57.4 Å². The van der Waals surface area contributed by atoms with Gasteiger partial charge in [-0.1, -0.05) is 68.7 Å². The van der Waals surface area contributed by atoms with Crippen molar-refractivity contribution in [3.63, 3.8) is 0 Å². The van der Waals surface area contributed by atoms with Crippen molar-refractivity contribution in [3.8, 4) is 5.75 Å². The predicted molar refractivity (Wildman–Crippen MR) is 87.8 cm³/mol. The minimum Gasteiger partial charge on any atom is -0.492 e. The second-order valence-electron chi connectivity index (χ2n) is 5.05. The van der Waals surface area contributed by atoms with E-state index in [2.05, 4.69) is 6.92 Å². The Bertz CT molecular complexity index is 396. The molecule has 0 saturated heterocycles. The van der Waals surface area contributed by atoms with E-state index in [1.807, 2.05) is 6.07 Å². The average molecular weight is 318 g/mol. The first kappa shape index (κ1) is 17.6. The van der Waals surface area contributed by atoms with Crippen LogP contribution in [0, 0.1) is 0 Å². The lowest BCUT2D eigenvalue weighted by molar-refractivity contribution is 0.301. The van der Waals surface area contributed by atoms with Gasteiger partial charge in [-0.05, 0) is 18.6 Å². The normalized spacial score (nSPS) is 10.8. The van der Waals surface area contributed by atoms with Gasteiger partial charge >= 0.3 is 0 Å². The van der Waals surface area contributed by atoms with Crippen molar-refractivity contribution in [2.24, 2.45) is 5.73 Å². The molecule has 0 aliphatic rings. The first-order valence-electron chi connectivity index (χ1n) is 7.49. The van der Waals surface area contributed by atoms with Gasteiger partial charge in [-0.2, -0.15) is 0 Å². The molecule has 0 amide bonds. The van der Waals surface area contributed by atoms with Crippen molar-refractivity contribution in [2.75, 3.05) is 6.61 Å². The summed E-state index contributed by atoms with van der Waals surface area (Å²) < 4.78 is 5.77. The number of unbranched alkanes of at least 4 members (excludes halogenated alkanes) is 6. The van der Waals surface area contributed by atoms with E-state index in [4.69, 9.17) is 33.7 Å². The van der Waals surface area contributed by atoms with Crippen LogP contribution in [0.4, 0.5) is 0 Å². The van der Waals surface area contributed by atoms with E-state index >= 15 is 0 Å². The minimum atomic E-state index is 0.382. The molecule has 0 unspecified atom stereocenters. The lowest BCUT2D eigenvalue weighted by Gasteiger charge is -2.12.